The summed E-state index contributed by atoms with van der Waals surface area (Å²) in [5.74, 6) is 5.16. The van der Waals surface area contributed by atoms with Crippen molar-refractivity contribution >= 4 is 16.5 Å². The minimum Gasteiger partial charge on any atom is -0.397 e. The van der Waals surface area contributed by atoms with E-state index < -0.39 is 0 Å². The van der Waals surface area contributed by atoms with Gasteiger partial charge in [-0.05, 0) is 11.5 Å². The van der Waals surface area contributed by atoms with E-state index in [2.05, 4.69) is 11.8 Å². The summed E-state index contributed by atoms with van der Waals surface area (Å²) in [6, 6.07) is 9.49. The van der Waals surface area contributed by atoms with Crippen LogP contribution in [0.1, 0.15) is 11.1 Å². The maximum atomic E-state index is 5.94. The highest BCUT2D eigenvalue weighted by atomic mass is 14.6. The predicted molar refractivity (Wildman–Crippen MR) is 64.2 cm³/mol. The summed E-state index contributed by atoms with van der Waals surface area (Å²) in [5.41, 5.74) is 8.00. The second-order valence-electron chi connectivity index (χ2n) is 3.22. The summed E-state index contributed by atoms with van der Waals surface area (Å²) in [6.07, 6.45) is 10.8. The zero-order chi connectivity index (χ0) is 10.8. The molecule has 0 aliphatic heterocycles. The second-order valence-corrected chi connectivity index (χ2v) is 3.22. The smallest absolute Gasteiger partial charge is 0.0553 e. The van der Waals surface area contributed by atoms with E-state index in [1.807, 2.05) is 24.3 Å². The van der Waals surface area contributed by atoms with Gasteiger partial charge in [0.05, 0.1) is 5.69 Å². The van der Waals surface area contributed by atoms with Gasteiger partial charge in [-0.1, -0.05) is 36.1 Å². The molecule has 0 amide bonds. The molecule has 0 heterocycles. The first-order chi connectivity index (χ1) is 7.27. The molecule has 0 saturated carbocycles. The molecule has 70 valence electrons. The minimum atomic E-state index is 0.618. The molecule has 2 rings (SSSR count). The van der Waals surface area contributed by atoms with Crippen molar-refractivity contribution < 1.29 is 0 Å². The van der Waals surface area contributed by atoms with Gasteiger partial charge in [-0.3, -0.25) is 0 Å². The molecular weight excluding hydrogens is 182 g/mol. The van der Waals surface area contributed by atoms with Crippen molar-refractivity contribution in [2.45, 2.75) is 0 Å². The Morgan fingerprint density at radius 2 is 1.53 bits per heavy atom. The van der Waals surface area contributed by atoms with Gasteiger partial charge in [-0.2, -0.15) is 0 Å². The number of fused-ring (bicyclic) bond motifs is 1. The fourth-order valence-electron chi connectivity index (χ4n) is 1.64. The number of terminal acetylenes is 2. The SMILES string of the molecule is C#Cc1cc(C#C)c2ccccc2c1N. The van der Waals surface area contributed by atoms with Crippen LogP contribution in [-0.2, 0) is 0 Å². The lowest BCUT2D eigenvalue weighted by atomic mass is 9.99. The standard InChI is InChI=1S/C14H9N/c1-3-10-9-11(4-2)14(15)13-8-6-5-7-12(10)13/h1-2,5-9H,15H2. The number of nitrogen functional groups attached to an aromatic ring is 1. The predicted octanol–water partition coefficient (Wildman–Crippen LogP) is 2.38. The van der Waals surface area contributed by atoms with E-state index in [9.17, 15) is 0 Å². The van der Waals surface area contributed by atoms with Gasteiger partial charge < -0.3 is 5.73 Å². The third-order valence-electron chi connectivity index (χ3n) is 2.40. The van der Waals surface area contributed by atoms with Crippen LogP contribution in [-0.4, -0.2) is 0 Å². The van der Waals surface area contributed by atoms with E-state index in [1.54, 1.807) is 6.07 Å². The van der Waals surface area contributed by atoms with Crippen LogP contribution in [0.5, 0.6) is 0 Å². The molecule has 1 nitrogen and oxygen atoms in total. The first-order valence-electron chi connectivity index (χ1n) is 4.52. The van der Waals surface area contributed by atoms with Gasteiger partial charge in [0.1, 0.15) is 0 Å². The Labute approximate surface area is 88.9 Å². The van der Waals surface area contributed by atoms with E-state index in [-0.39, 0.29) is 0 Å². The summed E-state index contributed by atoms with van der Waals surface area (Å²) in [4.78, 5) is 0. The summed E-state index contributed by atoms with van der Waals surface area (Å²) >= 11 is 0. The first-order valence-corrected chi connectivity index (χ1v) is 4.52. The van der Waals surface area contributed by atoms with Crippen LogP contribution in [0.15, 0.2) is 30.3 Å². The van der Waals surface area contributed by atoms with E-state index in [1.165, 1.54) is 0 Å². The molecule has 0 radical (unpaired) electrons. The fourth-order valence-corrected chi connectivity index (χ4v) is 1.64. The van der Waals surface area contributed by atoms with Crippen LogP contribution >= 0.6 is 0 Å². The van der Waals surface area contributed by atoms with Crippen LogP contribution in [0.4, 0.5) is 5.69 Å². The van der Waals surface area contributed by atoms with Gasteiger partial charge >= 0.3 is 0 Å². The highest BCUT2D eigenvalue weighted by Crippen LogP contribution is 2.27. The number of hydrogen-bond donors (Lipinski definition) is 1. The monoisotopic (exact) mass is 191 g/mol. The largest absolute Gasteiger partial charge is 0.397 e. The molecule has 0 bridgehead atoms. The number of rotatable bonds is 0. The van der Waals surface area contributed by atoms with Crippen molar-refractivity contribution in [1.82, 2.24) is 0 Å². The van der Waals surface area contributed by atoms with Crippen molar-refractivity contribution in [2.24, 2.45) is 0 Å². The molecule has 0 saturated heterocycles. The van der Waals surface area contributed by atoms with Crippen LogP contribution in [0.2, 0.25) is 0 Å². The Kier molecular flexibility index (Phi) is 2.08. The molecule has 0 unspecified atom stereocenters. The zero-order valence-electron chi connectivity index (χ0n) is 8.12. The van der Waals surface area contributed by atoms with E-state index in [0.717, 1.165) is 16.3 Å². The van der Waals surface area contributed by atoms with Crippen LogP contribution < -0.4 is 5.73 Å². The number of hydrogen-bond acceptors (Lipinski definition) is 1. The number of nitrogens with two attached hydrogens (primary N) is 1. The highest BCUT2D eigenvalue weighted by molar-refractivity contribution is 5.99. The molecule has 0 spiro atoms. The molecule has 2 N–H and O–H groups in total. The second kappa shape index (κ2) is 3.40. The molecule has 2 aromatic carbocycles. The zero-order valence-corrected chi connectivity index (χ0v) is 8.12. The molecule has 0 aromatic heterocycles. The average Bonchev–Trinajstić information content (AvgIpc) is 2.30. The summed E-state index contributed by atoms with van der Waals surface area (Å²) in [6.45, 7) is 0. The lowest BCUT2D eigenvalue weighted by Gasteiger charge is -2.06. The van der Waals surface area contributed by atoms with Gasteiger partial charge in [0.25, 0.3) is 0 Å². The molecule has 1 heteroatoms. The van der Waals surface area contributed by atoms with Crippen LogP contribution in [0, 0.1) is 24.7 Å². The Balaban J connectivity index is 3.00. The Morgan fingerprint density at radius 3 is 2.13 bits per heavy atom. The van der Waals surface area contributed by atoms with Gasteiger partial charge in [-0.25, -0.2) is 0 Å². The lowest BCUT2D eigenvalue weighted by molar-refractivity contribution is 1.64. The minimum absolute atomic E-state index is 0.618. The van der Waals surface area contributed by atoms with Gasteiger partial charge in [0.15, 0.2) is 0 Å². The van der Waals surface area contributed by atoms with Crippen molar-refractivity contribution in [1.29, 1.82) is 0 Å². The third-order valence-corrected chi connectivity index (χ3v) is 2.40. The van der Waals surface area contributed by atoms with Gasteiger partial charge in [0.2, 0.25) is 0 Å². The normalized spacial score (nSPS) is 9.47. The van der Waals surface area contributed by atoms with Crippen molar-refractivity contribution in [2.75, 3.05) is 5.73 Å². The molecular formula is C14H9N. The Hall–Kier alpha value is -2.38. The van der Waals surface area contributed by atoms with E-state index >= 15 is 0 Å². The van der Waals surface area contributed by atoms with Crippen molar-refractivity contribution in [3.8, 4) is 24.7 Å². The van der Waals surface area contributed by atoms with Crippen LogP contribution in [0.25, 0.3) is 10.8 Å². The van der Waals surface area contributed by atoms with Crippen LogP contribution in [0.3, 0.4) is 0 Å². The van der Waals surface area contributed by atoms with E-state index in [0.29, 0.717) is 11.3 Å². The third kappa shape index (κ3) is 1.31. The topological polar surface area (TPSA) is 26.0 Å². The Bertz CT molecular complexity index is 609. The maximum Gasteiger partial charge on any atom is 0.0553 e. The molecule has 15 heavy (non-hydrogen) atoms. The van der Waals surface area contributed by atoms with Crippen molar-refractivity contribution in [3.05, 3.63) is 41.5 Å². The van der Waals surface area contributed by atoms with Gasteiger partial charge in [0, 0.05) is 16.5 Å². The number of benzene rings is 2. The quantitative estimate of drug-likeness (QED) is 0.502. The Morgan fingerprint density at radius 1 is 0.933 bits per heavy atom. The fraction of sp³-hybridized carbons (Fsp3) is 0. The summed E-state index contributed by atoms with van der Waals surface area (Å²) in [5, 5.41) is 1.89. The van der Waals surface area contributed by atoms with E-state index in [4.69, 9.17) is 18.6 Å². The highest BCUT2D eigenvalue weighted by Gasteiger charge is 2.06. The molecule has 0 fully saturated rings. The lowest BCUT2D eigenvalue weighted by Crippen LogP contribution is -1.94. The molecule has 0 atom stereocenters. The summed E-state index contributed by atoms with van der Waals surface area (Å²) < 4.78 is 0. The van der Waals surface area contributed by atoms with Crippen molar-refractivity contribution in [3.63, 3.8) is 0 Å². The molecule has 0 aliphatic rings. The number of anilines is 1. The molecule has 2 aromatic rings. The first kappa shape index (κ1) is 9.19. The average molecular weight is 191 g/mol. The van der Waals surface area contributed by atoms with Gasteiger partial charge in [-0.15, -0.1) is 12.8 Å². The summed E-state index contributed by atoms with van der Waals surface area (Å²) in [7, 11) is 0. The maximum absolute atomic E-state index is 5.94. The molecule has 0 aliphatic carbocycles.